The molecule has 0 aliphatic carbocycles. The van der Waals surface area contributed by atoms with Crippen LogP contribution in [0.15, 0.2) is 36.4 Å². The van der Waals surface area contributed by atoms with Gasteiger partial charge in [-0.3, -0.25) is 0 Å². The van der Waals surface area contributed by atoms with E-state index < -0.39 is 0 Å². The van der Waals surface area contributed by atoms with E-state index in [2.05, 4.69) is 57.2 Å². The Morgan fingerprint density at radius 2 is 1.71 bits per heavy atom. The van der Waals surface area contributed by atoms with E-state index in [-0.39, 0.29) is 5.41 Å². The van der Waals surface area contributed by atoms with Gasteiger partial charge in [-0.25, -0.2) is 0 Å². The smallest absolute Gasteiger partial charge is 0.123 e. The zero-order valence-electron chi connectivity index (χ0n) is 11.1. The van der Waals surface area contributed by atoms with Crippen LogP contribution in [0.1, 0.15) is 33.3 Å². The van der Waals surface area contributed by atoms with Crippen LogP contribution in [0.3, 0.4) is 0 Å². The maximum absolute atomic E-state index is 5.77. The molecular weight excluding hydrogens is 208 g/mol. The molecule has 0 heterocycles. The molecule has 0 saturated carbocycles. The van der Waals surface area contributed by atoms with Crippen molar-refractivity contribution in [2.24, 2.45) is 0 Å². The Morgan fingerprint density at radius 3 is 2.35 bits per heavy atom. The maximum atomic E-state index is 5.77. The zero-order valence-corrected chi connectivity index (χ0v) is 11.1. The molecule has 0 fully saturated rings. The third-order valence-electron chi connectivity index (χ3n) is 2.94. The molecule has 0 bridgehead atoms. The van der Waals surface area contributed by atoms with Gasteiger partial charge in [0.15, 0.2) is 0 Å². The minimum Gasteiger partial charge on any atom is -0.494 e. The average molecular weight is 228 g/mol. The van der Waals surface area contributed by atoms with Crippen LogP contribution in [0.25, 0.3) is 10.8 Å². The molecule has 0 N–H and O–H groups in total. The Morgan fingerprint density at radius 1 is 1.00 bits per heavy atom. The second-order valence-electron chi connectivity index (χ2n) is 5.34. The van der Waals surface area contributed by atoms with Crippen LogP contribution in [0.5, 0.6) is 5.75 Å². The predicted octanol–water partition coefficient (Wildman–Crippen LogP) is 4.54. The summed E-state index contributed by atoms with van der Waals surface area (Å²) in [4.78, 5) is 0. The first-order chi connectivity index (χ1) is 8.04. The van der Waals surface area contributed by atoms with Gasteiger partial charge in [-0.05, 0) is 29.2 Å². The number of hydrogen-bond donors (Lipinski definition) is 0. The van der Waals surface area contributed by atoms with Crippen molar-refractivity contribution in [3.8, 4) is 5.75 Å². The second kappa shape index (κ2) is 4.40. The van der Waals surface area contributed by atoms with Crippen LogP contribution >= 0.6 is 0 Å². The summed E-state index contributed by atoms with van der Waals surface area (Å²) in [6.45, 7) is 9.44. The Balaban J connectivity index is 2.75. The molecule has 2 aromatic carbocycles. The summed E-state index contributed by atoms with van der Waals surface area (Å²) in [5.41, 5.74) is 1.39. The summed E-state index contributed by atoms with van der Waals surface area (Å²) < 4.78 is 5.77. The zero-order chi connectivity index (χ0) is 12.5. The van der Waals surface area contributed by atoms with Gasteiger partial charge >= 0.3 is 0 Å². The first kappa shape index (κ1) is 12.0. The summed E-state index contributed by atoms with van der Waals surface area (Å²) in [7, 11) is 0. The molecule has 0 amide bonds. The second-order valence-corrected chi connectivity index (χ2v) is 5.34. The third-order valence-corrected chi connectivity index (χ3v) is 2.94. The molecule has 1 nitrogen and oxygen atoms in total. The normalized spacial score (nSPS) is 11.8. The van der Waals surface area contributed by atoms with Crippen LogP contribution in [0, 0.1) is 0 Å². The van der Waals surface area contributed by atoms with E-state index in [4.69, 9.17) is 4.74 Å². The first-order valence-electron chi connectivity index (χ1n) is 6.19. The van der Waals surface area contributed by atoms with Crippen LogP contribution in [-0.4, -0.2) is 6.61 Å². The van der Waals surface area contributed by atoms with E-state index in [1.54, 1.807) is 0 Å². The fourth-order valence-electron chi connectivity index (χ4n) is 2.30. The van der Waals surface area contributed by atoms with Crippen LogP contribution in [0.4, 0.5) is 0 Å². The van der Waals surface area contributed by atoms with Crippen LogP contribution < -0.4 is 4.74 Å². The highest BCUT2D eigenvalue weighted by Gasteiger charge is 2.21. The van der Waals surface area contributed by atoms with Crippen molar-refractivity contribution in [1.29, 1.82) is 0 Å². The number of ether oxygens (including phenoxy) is 1. The van der Waals surface area contributed by atoms with Crippen molar-refractivity contribution in [2.75, 3.05) is 6.61 Å². The summed E-state index contributed by atoms with van der Waals surface area (Å²) in [5, 5.41) is 2.58. The Labute approximate surface area is 103 Å². The minimum atomic E-state index is 0.0887. The summed E-state index contributed by atoms with van der Waals surface area (Å²) in [6.07, 6.45) is 0. The highest BCUT2D eigenvalue weighted by Crippen LogP contribution is 2.37. The van der Waals surface area contributed by atoms with Gasteiger partial charge in [0.05, 0.1) is 6.61 Å². The lowest BCUT2D eigenvalue weighted by atomic mass is 9.83. The number of hydrogen-bond acceptors (Lipinski definition) is 1. The van der Waals surface area contributed by atoms with Crippen molar-refractivity contribution < 1.29 is 4.74 Å². The van der Waals surface area contributed by atoms with E-state index in [0.717, 1.165) is 5.75 Å². The van der Waals surface area contributed by atoms with Gasteiger partial charge in [0.1, 0.15) is 5.75 Å². The van der Waals surface area contributed by atoms with Gasteiger partial charge in [0.2, 0.25) is 0 Å². The summed E-state index contributed by atoms with van der Waals surface area (Å²) in [6, 6.07) is 12.7. The summed E-state index contributed by atoms with van der Waals surface area (Å²) in [5.74, 6) is 1.01. The maximum Gasteiger partial charge on any atom is 0.123 e. The molecule has 17 heavy (non-hydrogen) atoms. The fraction of sp³-hybridized carbons (Fsp3) is 0.375. The van der Waals surface area contributed by atoms with Gasteiger partial charge in [0.25, 0.3) is 0 Å². The molecule has 0 spiro atoms. The number of rotatable bonds is 2. The highest BCUT2D eigenvalue weighted by atomic mass is 16.5. The molecule has 0 aromatic heterocycles. The highest BCUT2D eigenvalue weighted by molar-refractivity contribution is 5.88. The monoisotopic (exact) mass is 228 g/mol. The van der Waals surface area contributed by atoms with E-state index in [1.807, 2.05) is 6.92 Å². The Hall–Kier alpha value is -1.50. The van der Waals surface area contributed by atoms with E-state index in [9.17, 15) is 0 Å². The van der Waals surface area contributed by atoms with E-state index >= 15 is 0 Å². The molecule has 0 saturated heterocycles. The third kappa shape index (κ3) is 2.28. The average Bonchev–Trinajstić information content (AvgIpc) is 2.27. The molecule has 0 aliphatic rings. The van der Waals surface area contributed by atoms with Gasteiger partial charge in [-0.2, -0.15) is 0 Å². The van der Waals surface area contributed by atoms with Crippen molar-refractivity contribution >= 4 is 10.8 Å². The van der Waals surface area contributed by atoms with Crippen LogP contribution in [-0.2, 0) is 5.41 Å². The van der Waals surface area contributed by atoms with Gasteiger partial charge in [0, 0.05) is 5.56 Å². The fourth-order valence-corrected chi connectivity index (χ4v) is 2.30. The molecule has 0 aliphatic heterocycles. The lowest BCUT2D eigenvalue weighted by molar-refractivity contribution is 0.331. The molecule has 1 heteroatoms. The molecule has 0 atom stereocenters. The molecular formula is C16H20O. The quantitative estimate of drug-likeness (QED) is 0.733. The molecule has 2 aromatic rings. The van der Waals surface area contributed by atoms with Gasteiger partial charge in [-0.15, -0.1) is 0 Å². The Bertz CT molecular complexity index is 521. The molecule has 0 radical (unpaired) electrons. The first-order valence-corrected chi connectivity index (χ1v) is 6.19. The number of fused-ring (bicyclic) bond motifs is 1. The minimum absolute atomic E-state index is 0.0887. The Kier molecular flexibility index (Phi) is 3.10. The van der Waals surface area contributed by atoms with Crippen LogP contribution in [0.2, 0.25) is 0 Å². The predicted molar refractivity (Wildman–Crippen MR) is 73.8 cm³/mol. The summed E-state index contributed by atoms with van der Waals surface area (Å²) >= 11 is 0. The van der Waals surface area contributed by atoms with E-state index in [1.165, 1.54) is 16.3 Å². The van der Waals surface area contributed by atoms with Gasteiger partial charge < -0.3 is 4.74 Å². The van der Waals surface area contributed by atoms with Crippen molar-refractivity contribution in [3.05, 3.63) is 42.0 Å². The van der Waals surface area contributed by atoms with Gasteiger partial charge in [-0.1, -0.05) is 51.1 Å². The van der Waals surface area contributed by atoms with Crippen molar-refractivity contribution in [3.63, 3.8) is 0 Å². The standard InChI is InChI=1S/C16H20O/c1-5-17-14-11-10-12-8-6-7-9-13(12)15(14)16(2,3)4/h6-11H,5H2,1-4H3. The lowest BCUT2D eigenvalue weighted by Crippen LogP contribution is -2.14. The van der Waals surface area contributed by atoms with E-state index in [0.29, 0.717) is 6.61 Å². The molecule has 0 unspecified atom stereocenters. The largest absolute Gasteiger partial charge is 0.494 e. The topological polar surface area (TPSA) is 9.23 Å². The van der Waals surface area contributed by atoms with Crippen molar-refractivity contribution in [2.45, 2.75) is 33.1 Å². The molecule has 90 valence electrons. The van der Waals surface area contributed by atoms with Crippen molar-refractivity contribution in [1.82, 2.24) is 0 Å². The lowest BCUT2D eigenvalue weighted by Gasteiger charge is -2.24. The number of benzene rings is 2. The molecule has 2 rings (SSSR count). The SMILES string of the molecule is CCOc1ccc2ccccc2c1C(C)(C)C.